The zero-order valence-corrected chi connectivity index (χ0v) is 14.4. The van der Waals surface area contributed by atoms with E-state index >= 15 is 0 Å². The summed E-state index contributed by atoms with van der Waals surface area (Å²) in [5.41, 5.74) is 2.88. The Morgan fingerprint density at radius 2 is 1.28 bits per heavy atom. The molecule has 0 bridgehead atoms. The quantitative estimate of drug-likeness (QED) is 0.641. The smallest absolute Gasteiger partial charge is 0.261 e. The first-order valence-electron chi connectivity index (χ1n) is 7.69. The predicted molar refractivity (Wildman–Crippen MR) is 99.0 cm³/mol. The molecule has 0 saturated heterocycles. The average molecular weight is 351 g/mol. The molecule has 126 valence electrons. The van der Waals surface area contributed by atoms with Crippen LogP contribution in [0.3, 0.4) is 0 Å². The summed E-state index contributed by atoms with van der Waals surface area (Å²) >= 11 is 0. The van der Waals surface area contributed by atoms with E-state index in [0.29, 0.717) is 11.4 Å². The van der Waals surface area contributed by atoms with Crippen LogP contribution in [0, 0.1) is 6.92 Å². The second kappa shape index (κ2) is 7.27. The summed E-state index contributed by atoms with van der Waals surface area (Å²) < 4.78 is 27.3. The first kappa shape index (κ1) is 16.9. The van der Waals surface area contributed by atoms with Crippen molar-refractivity contribution in [3.63, 3.8) is 0 Å². The molecule has 0 aromatic heterocycles. The highest BCUT2D eigenvalue weighted by Gasteiger charge is 2.13. The molecule has 0 aliphatic heterocycles. The number of benzene rings is 3. The number of rotatable bonds is 5. The molecular formula is C19H17N3O2S. The van der Waals surface area contributed by atoms with Crippen LogP contribution < -0.4 is 4.72 Å². The molecule has 0 aliphatic carbocycles. The number of sulfonamides is 1. The zero-order chi connectivity index (χ0) is 17.7. The summed E-state index contributed by atoms with van der Waals surface area (Å²) in [6.45, 7) is 1.91. The van der Waals surface area contributed by atoms with E-state index in [1.54, 1.807) is 48.5 Å². The van der Waals surface area contributed by atoms with Crippen molar-refractivity contribution in [2.75, 3.05) is 4.72 Å². The number of nitrogens with zero attached hydrogens (tertiary/aromatic N) is 2. The van der Waals surface area contributed by atoms with Crippen LogP contribution in [0.4, 0.5) is 17.1 Å². The fourth-order valence-corrected chi connectivity index (χ4v) is 3.20. The summed E-state index contributed by atoms with van der Waals surface area (Å²) in [6.07, 6.45) is 0. The molecule has 25 heavy (non-hydrogen) atoms. The monoisotopic (exact) mass is 351 g/mol. The Morgan fingerprint density at radius 1 is 0.720 bits per heavy atom. The predicted octanol–water partition coefficient (Wildman–Crippen LogP) is 5.21. The molecule has 0 atom stereocenters. The van der Waals surface area contributed by atoms with Gasteiger partial charge in [0.15, 0.2) is 0 Å². The maximum absolute atomic E-state index is 12.4. The lowest BCUT2D eigenvalue weighted by Crippen LogP contribution is -2.12. The van der Waals surface area contributed by atoms with E-state index < -0.39 is 10.0 Å². The molecule has 0 radical (unpaired) electrons. The summed E-state index contributed by atoms with van der Waals surface area (Å²) in [4.78, 5) is 0.228. The van der Waals surface area contributed by atoms with E-state index in [9.17, 15) is 8.42 Å². The minimum atomic E-state index is -3.60. The van der Waals surface area contributed by atoms with Crippen molar-refractivity contribution in [2.45, 2.75) is 11.8 Å². The summed E-state index contributed by atoms with van der Waals surface area (Å²) in [7, 11) is -3.60. The van der Waals surface area contributed by atoms with Crippen molar-refractivity contribution in [3.8, 4) is 0 Å². The van der Waals surface area contributed by atoms with Gasteiger partial charge in [0, 0.05) is 5.69 Å². The van der Waals surface area contributed by atoms with Crippen molar-refractivity contribution in [1.82, 2.24) is 0 Å². The van der Waals surface area contributed by atoms with Crippen LogP contribution in [0.2, 0.25) is 0 Å². The highest BCUT2D eigenvalue weighted by atomic mass is 32.2. The van der Waals surface area contributed by atoms with Gasteiger partial charge in [-0.15, -0.1) is 0 Å². The topological polar surface area (TPSA) is 70.9 Å². The van der Waals surface area contributed by atoms with E-state index in [4.69, 9.17) is 0 Å². The average Bonchev–Trinajstić information content (AvgIpc) is 2.62. The first-order chi connectivity index (χ1) is 12.0. The molecule has 0 unspecified atom stereocenters. The highest BCUT2D eigenvalue weighted by molar-refractivity contribution is 7.92. The van der Waals surface area contributed by atoms with Crippen LogP contribution >= 0.6 is 0 Å². The van der Waals surface area contributed by atoms with E-state index in [1.807, 2.05) is 37.3 Å². The lowest BCUT2D eigenvalue weighted by Gasteiger charge is -2.08. The Hall–Kier alpha value is -2.99. The van der Waals surface area contributed by atoms with Gasteiger partial charge in [0.1, 0.15) is 0 Å². The van der Waals surface area contributed by atoms with Crippen molar-refractivity contribution >= 4 is 27.1 Å². The standard InChI is InChI=1S/C19H17N3O2S/c1-15-7-13-19(14-8-15)25(23,24)22-18-11-9-17(10-12-18)21-20-16-5-3-2-4-6-16/h2-14,22H,1H3. The van der Waals surface area contributed by atoms with Crippen LogP contribution in [0.25, 0.3) is 0 Å². The van der Waals surface area contributed by atoms with E-state index in [1.165, 1.54) is 0 Å². The van der Waals surface area contributed by atoms with Crippen LogP contribution in [-0.2, 0) is 10.0 Å². The van der Waals surface area contributed by atoms with Gasteiger partial charge in [-0.25, -0.2) is 8.42 Å². The fourth-order valence-electron chi connectivity index (χ4n) is 2.14. The second-order valence-electron chi connectivity index (χ2n) is 5.50. The Morgan fingerprint density at radius 3 is 1.88 bits per heavy atom. The van der Waals surface area contributed by atoms with Gasteiger partial charge in [-0.2, -0.15) is 10.2 Å². The van der Waals surface area contributed by atoms with Gasteiger partial charge in [0.2, 0.25) is 0 Å². The van der Waals surface area contributed by atoms with E-state index in [0.717, 1.165) is 11.3 Å². The van der Waals surface area contributed by atoms with Crippen molar-refractivity contribution in [3.05, 3.63) is 84.4 Å². The lowest BCUT2D eigenvalue weighted by atomic mass is 10.2. The SMILES string of the molecule is Cc1ccc(S(=O)(=O)Nc2ccc(N=Nc3ccccc3)cc2)cc1. The molecule has 0 fully saturated rings. The minimum Gasteiger partial charge on any atom is -0.280 e. The first-order valence-corrected chi connectivity index (χ1v) is 9.18. The lowest BCUT2D eigenvalue weighted by molar-refractivity contribution is 0.601. The molecular weight excluding hydrogens is 334 g/mol. The van der Waals surface area contributed by atoms with Crippen LogP contribution in [0.1, 0.15) is 5.56 Å². The normalized spacial score (nSPS) is 11.6. The molecule has 3 aromatic rings. The van der Waals surface area contributed by atoms with Gasteiger partial charge >= 0.3 is 0 Å². The molecule has 6 heteroatoms. The highest BCUT2D eigenvalue weighted by Crippen LogP contribution is 2.22. The Kier molecular flexibility index (Phi) is 4.90. The molecule has 0 saturated carbocycles. The van der Waals surface area contributed by atoms with Gasteiger partial charge in [0.25, 0.3) is 10.0 Å². The summed E-state index contributed by atoms with van der Waals surface area (Å²) in [6, 6.07) is 22.8. The third-order valence-corrected chi connectivity index (χ3v) is 4.89. The van der Waals surface area contributed by atoms with Gasteiger partial charge in [-0.05, 0) is 55.5 Å². The van der Waals surface area contributed by atoms with E-state index in [2.05, 4.69) is 15.0 Å². The molecule has 0 amide bonds. The summed E-state index contributed by atoms with van der Waals surface area (Å²) in [5.74, 6) is 0. The Balaban J connectivity index is 1.72. The number of aryl methyl sites for hydroxylation is 1. The molecule has 0 heterocycles. The van der Waals surface area contributed by atoms with Crippen molar-refractivity contribution in [1.29, 1.82) is 0 Å². The Bertz CT molecular complexity index is 965. The fraction of sp³-hybridized carbons (Fsp3) is 0.0526. The molecule has 1 N–H and O–H groups in total. The van der Waals surface area contributed by atoms with Crippen LogP contribution in [0.15, 0.2) is 94.0 Å². The molecule has 5 nitrogen and oxygen atoms in total. The largest absolute Gasteiger partial charge is 0.280 e. The van der Waals surface area contributed by atoms with Crippen LogP contribution in [-0.4, -0.2) is 8.42 Å². The number of nitrogens with one attached hydrogen (secondary N) is 1. The van der Waals surface area contributed by atoms with Crippen molar-refractivity contribution in [2.24, 2.45) is 10.2 Å². The number of hydrogen-bond acceptors (Lipinski definition) is 4. The van der Waals surface area contributed by atoms with Gasteiger partial charge in [0.05, 0.1) is 16.3 Å². The number of hydrogen-bond donors (Lipinski definition) is 1. The molecule has 0 spiro atoms. The second-order valence-corrected chi connectivity index (χ2v) is 7.18. The van der Waals surface area contributed by atoms with Crippen LogP contribution in [0.5, 0.6) is 0 Å². The van der Waals surface area contributed by atoms with Gasteiger partial charge < -0.3 is 0 Å². The number of azo groups is 1. The maximum Gasteiger partial charge on any atom is 0.261 e. The third kappa shape index (κ3) is 4.51. The maximum atomic E-state index is 12.4. The van der Waals surface area contributed by atoms with Crippen molar-refractivity contribution < 1.29 is 8.42 Å². The molecule has 3 aromatic carbocycles. The Labute approximate surface area is 147 Å². The minimum absolute atomic E-state index is 0.228. The summed E-state index contributed by atoms with van der Waals surface area (Å²) in [5, 5.41) is 8.25. The molecule has 0 aliphatic rings. The number of anilines is 1. The molecule has 3 rings (SSSR count). The van der Waals surface area contributed by atoms with E-state index in [-0.39, 0.29) is 4.90 Å². The third-order valence-electron chi connectivity index (χ3n) is 3.49. The zero-order valence-electron chi connectivity index (χ0n) is 13.6. The van der Waals surface area contributed by atoms with Gasteiger partial charge in [-0.1, -0.05) is 35.9 Å². The van der Waals surface area contributed by atoms with Gasteiger partial charge in [-0.3, -0.25) is 4.72 Å².